The fourth-order valence-corrected chi connectivity index (χ4v) is 3.22. The lowest BCUT2D eigenvalue weighted by atomic mass is 10.1. The molecule has 2 heterocycles. The summed E-state index contributed by atoms with van der Waals surface area (Å²) in [6.45, 7) is -0.386. The number of aliphatic hydroxyl groups is 3. The van der Waals surface area contributed by atoms with Gasteiger partial charge in [0, 0.05) is 11.6 Å². The molecule has 4 atom stereocenters. The Kier molecular flexibility index (Phi) is 5.11. The molecule has 3 aromatic rings. The van der Waals surface area contributed by atoms with Crippen LogP contribution in [0.2, 0.25) is 0 Å². The maximum absolute atomic E-state index is 12.7. The minimum absolute atomic E-state index is 0.0742. The highest BCUT2D eigenvalue weighted by molar-refractivity contribution is 5.93. The predicted octanol–water partition coefficient (Wildman–Crippen LogP) is 0.100. The van der Waals surface area contributed by atoms with Crippen molar-refractivity contribution >= 4 is 11.0 Å². The molecule has 2 aromatic carbocycles. The first-order valence-electron chi connectivity index (χ1n) is 9.05. The van der Waals surface area contributed by atoms with Crippen LogP contribution in [0.4, 0.5) is 0 Å². The van der Waals surface area contributed by atoms with E-state index in [0.717, 1.165) is 6.07 Å². The maximum Gasteiger partial charge on any atom is 0.238 e. The van der Waals surface area contributed by atoms with Crippen LogP contribution in [-0.2, 0) is 4.74 Å². The summed E-state index contributed by atoms with van der Waals surface area (Å²) in [5.74, 6) is -3.16. The Bertz CT molecular complexity index is 1180. The van der Waals surface area contributed by atoms with E-state index in [1.165, 1.54) is 24.3 Å². The van der Waals surface area contributed by atoms with Crippen molar-refractivity contribution in [2.24, 2.45) is 0 Å². The molecule has 1 fully saturated rings. The topological polar surface area (TPSA) is 190 Å². The Morgan fingerprint density at radius 3 is 2.29 bits per heavy atom. The normalized spacial score (nSPS) is 23.7. The Morgan fingerprint density at radius 1 is 0.935 bits per heavy atom. The van der Waals surface area contributed by atoms with Gasteiger partial charge in [0.15, 0.2) is 17.1 Å². The first kappa shape index (κ1) is 20.8. The molecular formula is C20H18O11. The van der Waals surface area contributed by atoms with E-state index >= 15 is 0 Å². The molecule has 0 spiro atoms. The summed E-state index contributed by atoms with van der Waals surface area (Å²) >= 11 is 0. The molecule has 7 N–H and O–H groups in total. The molecular weight excluding hydrogens is 416 g/mol. The number of benzene rings is 2. The van der Waals surface area contributed by atoms with Crippen LogP contribution < -0.4 is 10.2 Å². The summed E-state index contributed by atoms with van der Waals surface area (Å²) in [6.07, 6.45) is -6.25. The first-order valence-corrected chi connectivity index (χ1v) is 9.05. The zero-order valence-corrected chi connectivity index (χ0v) is 15.7. The number of phenolic OH excluding ortho intramolecular Hbond substituents is 3. The van der Waals surface area contributed by atoms with Gasteiger partial charge in [-0.15, -0.1) is 0 Å². The van der Waals surface area contributed by atoms with Crippen molar-refractivity contribution in [3.8, 4) is 40.1 Å². The summed E-state index contributed by atoms with van der Waals surface area (Å²) in [5, 5.41) is 69.2. The summed E-state index contributed by atoms with van der Waals surface area (Å²) < 4.78 is 16.2. The average Bonchev–Trinajstić information content (AvgIpc) is 2.73. The lowest BCUT2D eigenvalue weighted by molar-refractivity contribution is -0.242. The van der Waals surface area contributed by atoms with E-state index < -0.39 is 64.0 Å². The number of rotatable bonds is 3. The Labute approximate surface area is 173 Å². The Balaban J connectivity index is 1.89. The first-order chi connectivity index (χ1) is 14.7. The highest BCUT2D eigenvalue weighted by atomic mass is 16.7. The predicted molar refractivity (Wildman–Crippen MR) is 103 cm³/mol. The van der Waals surface area contributed by atoms with Crippen molar-refractivity contribution < 1.29 is 49.6 Å². The summed E-state index contributed by atoms with van der Waals surface area (Å²) in [7, 11) is 0. The van der Waals surface area contributed by atoms with Gasteiger partial charge in [0.05, 0.1) is 6.61 Å². The minimum atomic E-state index is -1.72. The van der Waals surface area contributed by atoms with E-state index in [1.807, 2.05) is 0 Å². The van der Waals surface area contributed by atoms with Crippen LogP contribution in [0, 0.1) is 0 Å². The zero-order valence-electron chi connectivity index (χ0n) is 15.7. The van der Waals surface area contributed by atoms with Crippen LogP contribution in [0.5, 0.6) is 28.7 Å². The molecule has 11 heteroatoms. The number of fused-ring (bicyclic) bond motifs is 1. The van der Waals surface area contributed by atoms with Gasteiger partial charge in [0.25, 0.3) is 0 Å². The molecule has 1 aliphatic rings. The molecule has 0 unspecified atom stereocenters. The monoisotopic (exact) mass is 434 g/mol. The second-order valence-electron chi connectivity index (χ2n) is 6.97. The van der Waals surface area contributed by atoms with E-state index in [2.05, 4.69) is 0 Å². The maximum atomic E-state index is 12.7. The number of aromatic hydroxyl groups is 4. The smallest absolute Gasteiger partial charge is 0.238 e. The van der Waals surface area contributed by atoms with Gasteiger partial charge in [0.1, 0.15) is 35.2 Å². The summed E-state index contributed by atoms with van der Waals surface area (Å²) in [5.41, 5.74) is -1.32. The minimum Gasteiger partial charge on any atom is -0.508 e. The van der Waals surface area contributed by atoms with E-state index in [9.17, 15) is 40.5 Å². The third kappa shape index (κ3) is 3.49. The number of hydrogen-bond acceptors (Lipinski definition) is 11. The molecule has 11 nitrogen and oxygen atoms in total. The van der Waals surface area contributed by atoms with Gasteiger partial charge in [0.2, 0.25) is 23.2 Å². The van der Waals surface area contributed by atoms with Gasteiger partial charge in [-0.05, 0) is 24.3 Å². The quantitative estimate of drug-likeness (QED) is 0.296. The summed E-state index contributed by atoms with van der Waals surface area (Å²) in [6, 6.07) is 6.06. The molecule has 0 amide bonds. The van der Waals surface area contributed by atoms with Crippen molar-refractivity contribution in [1.82, 2.24) is 0 Å². The van der Waals surface area contributed by atoms with E-state index in [-0.39, 0.29) is 23.7 Å². The third-order valence-electron chi connectivity index (χ3n) is 4.87. The third-order valence-corrected chi connectivity index (χ3v) is 4.87. The van der Waals surface area contributed by atoms with E-state index in [4.69, 9.17) is 13.9 Å². The van der Waals surface area contributed by atoms with Crippen LogP contribution in [0.15, 0.2) is 39.5 Å². The fraction of sp³-hybridized carbons (Fsp3) is 0.250. The number of ether oxygens (including phenoxy) is 2. The van der Waals surface area contributed by atoms with Gasteiger partial charge < -0.3 is 49.6 Å². The lowest BCUT2D eigenvalue weighted by Gasteiger charge is -2.35. The number of aliphatic hydroxyl groups excluding tert-OH is 3. The number of phenols is 3. The van der Waals surface area contributed by atoms with Gasteiger partial charge in [-0.3, -0.25) is 4.79 Å². The molecule has 4 rings (SSSR count). The molecule has 31 heavy (non-hydrogen) atoms. The molecule has 0 radical (unpaired) electrons. The second-order valence-corrected chi connectivity index (χ2v) is 6.97. The highest BCUT2D eigenvalue weighted by Gasteiger charge is 2.40. The van der Waals surface area contributed by atoms with Crippen LogP contribution in [0.1, 0.15) is 0 Å². The van der Waals surface area contributed by atoms with Crippen molar-refractivity contribution in [1.29, 1.82) is 0 Å². The molecule has 1 saturated heterocycles. The van der Waals surface area contributed by atoms with Gasteiger partial charge in [-0.1, -0.05) is 0 Å². The van der Waals surface area contributed by atoms with Crippen molar-refractivity contribution in [2.45, 2.75) is 24.6 Å². The zero-order chi connectivity index (χ0) is 22.4. The van der Waals surface area contributed by atoms with Crippen molar-refractivity contribution in [3.63, 3.8) is 0 Å². The molecule has 0 saturated carbocycles. The van der Waals surface area contributed by atoms with Gasteiger partial charge in [-0.25, -0.2) is 0 Å². The lowest BCUT2D eigenvalue weighted by Crippen LogP contribution is -2.54. The number of hydrogen-bond donors (Lipinski definition) is 7. The van der Waals surface area contributed by atoms with Crippen LogP contribution in [0.25, 0.3) is 22.3 Å². The van der Waals surface area contributed by atoms with Crippen LogP contribution >= 0.6 is 0 Å². The largest absolute Gasteiger partial charge is 0.508 e. The second kappa shape index (κ2) is 7.63. The Hall–Kier alpha value is -3.51. The van der Waals surface area contributed by atoms with E-state index in [0.29, 0.717) is 0 Å². The van der Waals surface area contributed by atoms with Crippen molar-refractivity contribution in [2.75, 3.05) is 6.61 Å². The SMILES string of the molecule is O=c1c(O)c(-c2ccc(O)cc2)oc2c(O[C@H]3OC[C@H](O)[C@H](O)[C@@H]3O)c(O)cc(O)c12. The van der Waals surface area contributed by atoms with Crippen LogP contribution in [0.3, 0.4) is 0 Å². The molecule has 0 aliphatic carbocycles. The molecule has 1 aromatic heterocycles. The standard InChI is InChI=1S/C20H18O11/c21-8-3-1-7(2-4-8)17-15(27)14(26)12-9(22)5-10(23)18(19(12)30-17)31-20-16(28)13(25)11(24)6-29-20/h1-5,11,13,16,20-25,27-28H,6H2/t11-,13-,16-,20+/m0/s1. The molecule has 164 valence electrons. The molecule has 0 bridgehead atoms. The van der Waals surface area contributed by atoms with E-state index in [1.54, 1.807) is 0 Å². The molecule has 1 aliphatic heterocycles. The van der Waals surface area contributed by atoms with Gasteiger partial charge in [-0.2, -0.15) is 0 Å². The average molecular weight is 434 g/mol. The Morgan fingerprint density at radius 2 is 1.61 bits per heavy atom. The van der Waals surface area contributed by atoms with Crippen LogP contribution in [-0.4, -0.2) is 67.0 Å². The fourth-order valence-electron chi connectivity index (χ4n) is 3.22. The van der Waals surface area contributed by atoms with Crippen molar-refractivity contribution in [3.05, 3.63) is 40.6 Å². The highest BCUT2D eigenvalue weighted by Crippen LogP contribution is 2.43. The summed E-state index contributed by atoms with van der Waals surface area (Å²) in [4.78, 5) is 12.7. The van der Waals surface area contributed by atoms with Gasteiger partial charge >= 0.3 is 0 Å².